The number of hydrogen-bond acceptors (Lipinski definition) is 3. The van der Waals surface area contributed by atoms with Crippen LogP contribution in [0.25, 0.3) is 0 Å². The Morgan fingerprint density at radius 1 is 1.20 bits per heavy atom. The number of amides is 1. The first-order chi connectivity index (χ1) is 9.61. The summed E-state index contributed by atoms with van der Waals surface area (Å²) < 4.78 is 5.36. The van der Waals surface area contributed by atoms with Gasteiger partial charge < -0.3 is 15.4 Å². The maximum Gasteiger partial charge on any atom is 0.258 e. The van der Waals surface area contributed by atoms with Gasteiger partial charge in [-0.2, -0.15) is 0 Å². The quantitative estimate of drug-likeness (QED) is 0.869. The molecule has 2 rings (SSSR count). The molecule has 4 heteroatoms. The number of ether oxygens (including phenoxy) is 1. The Morgan fingerprint density at radius 3 is 2.50 bits per heavy atom. The third-order valence-electron chi connectivity index (χ3n) is 2.97. The van der Waals surface area contributed by atoms with E-state index in [9.17, 15) is 4.79 Å². The predicted molar refractivity (Wildman–Crippen MR) is 81.2 cm³/mol. The molecule has 2 aromatic rings. The number of nitrogens with two attached hydrogens (primary N) is 1. The highest BCUT2D eigenvalue weighted by Crippen LogP contribution is 2.19. The number of hydrogen-bond donors (Lipinski definition) is 1. The van der Waals surface area contributed by atoms with Crippen molar-refractivity contribution in [3.63, 3.8) is 0 Å². The zero-order chi connectivity index (χ0) is 14.5. The zero-order valence-electron chi connectivity index (χ0n) is 11.7. The molecule has 0 bridgehead atoms. The molecule has 0 aliphatic heterocycles. The fourth-order valence-electron chi connectivity index (χ4n) is 1.90. The lowest BCUT2D eigenvalue weighted by atomic mass is 10.1. The second-order valence-corrected chi connectivity index (χ2v) is 4.42. The van der Waals surface area contributed by atoms with Gasteiger partial charge in [0.2, 0.25) is 0 Å². The van der Waals surface area contributed by atoms with E-state index in [-0.39, 0.29) is 5.91 Å². The predicted octanol–water partition coefficient (Wildman–Crippen LogP) is 2.94. The van der Waals surface area contributed by atoms with Crippen molar-refractivity contribution in [3.05, 3.63) is 54.1 Å². The minimum absolute atomic E-state index is 0.0846. The van der Waals surface area contributed by atoms with Gasteiger partial charge >= 0.3 is 0 Å². The lowest BCUT2D eigenvalue weighted by Crippen LogP contribution is -2.26. The highest BCUT2D eigenvalue weighted by Gasteiger charge is 2.13. The Bertz CT molecular complexity index is 594. The summed E-state index contributed by atoms with van der Waals surface area (Å²) in [5.41, 5.74) is 7.74. The number of anilines is 2. The van der Waals surface area contributed by atoms with Gasteiger partial charge in [0.25, 0.3) is 5.91 Å². The molecule has 20 heavy (non-hydrogen) atoms. The molecular formula is C16H18N2O2. The van der Waals surface area contributed by atoms with Crippen LogP contribution in [-0.2, 0) is 0 Å². The van der Waals surface area contributed by atoms with E-state index < -0.39 is 0 Å². The van der Waals surface area contributed by atoms with Gasteiger partial charge in [-0.3, -0.25) is 4.79 Å². The topological polar surface area (TPSA) is 55.6 Å². The van der Waals surface area contributed by atoms with E-state index >= 15 is 0 Å². The Hall–Kier alpha value is -2.49. The molecule has 0 aromatic heterocycles. The van der Waals surface area contributed by atoms with E-state index in [1.165, 1.54) is 0 Å². The number of carbonyl (C=O) groups is 1. The average Bonchev–Trinajstić information content (AvgIpc) is 2.47. The molecule has 0 unspecified atom stereocenters. The third kappa shape index (κ3) is 3.09. The van der Waals surface area contributed by atoms with Crippen molar-refractivity contribution in [2.75, 3.05) is 24.3 Å². The molecule has 2 aromatic carbocycles. The van der Waals surface area contributed by atoms with Crippen molar-refractivity contribution < 1.29 is 9.53 Å². The molecule has 0 fully saturated rings. The van der Waals surface area contributed by atoms with E-state index in [1.54, 1.807) is 48.3 Å². The Balaban J connectivity index is 2.18. The number of benzene rings is 2. The Kier molecular flexibility index (Phi) is 4.25. The van der Waals surface area contributed by atoms with Gasteiger partial charge in [-0.15, -0.1) is 0 Å². The van der Waals surface area contributed by atoms with E-state index in [4.69, 9.17) is 10.5 Å². The van der Waals surface area contributed by atoms with Gasteiger partial charge in [-0.05, 0) is 49.4 Å². The Morgan fingerprint density at radius 2 is 1.90 bits per heavy atom. The van der Waals surface area contributed by atoms with Gasteiger partial charge in [0.15, 0.2) is 0 Å². The van der Waals surface area contributed by atoms with Crippen molar-refractivity contribution in [1.29, 1.82) is 0 Å². The summed E-state index contributed by atoms with van der Waals surface area (Å²) in [5, 5.41) is 0. The van der Waals surface area contributed by atoms with Gasteiger partial charge in [-0.25, -0.2) is 0 Å². The summed E-state index contributed by atoms with van der Waals surface area (Å²) in [6.07, 6.45) is 0. The number of nitrogen functional groups attached to an aromatic ring is 1. The third-order valence-corrected chi connectivity index (χ3v) is 2.97. The summed E-state index contributed by atoms with van der Waals surface area (Å²) in [7, 11) is 1.73. The molecule has 0 aliphatic carbocycles. The molecule has 0 heterocycles. The van der Waals surface area contributed by atoms with Crippen LogP contribution < -0.4 is 15.4 Å². The first kappa shape index (κ1) is 13.9. The molecule has 0 saturated heterocycles. The van der Waals surface area contributed by atoms with Crippen molar-refractivity contribution in [1.82, 2.24) is 0 Å². The van der Waals surface area contributed by atoms with Crippen LogP contribution in [-0.4, -0.2) is 19.6 Å². The van der Waals surface area contributed by atoms with Gasteiger partial charge in [0.1, 0.15) is 5.75 Å². The van der Waals surface area contributed by atoms with Gasteiger partial charge in [-0.1, -0.05) is 6.07 Å². The molecule has 0 atom stereocenters. The second kappa shape index (κ2) is 6.10. The fraction of sp³-hybridized carbons (Fsp3) is 0.188. The van der Waals surface area contributed by atoms with Crippen LogP contribution in [0.1, 0.15) is 17.3 Å². The van der Waals surface area contributed by atoms with Gasteiger partial charge in [0.05, 0.1) is 6.61 Å². The normalized spacial score (nSPS) is 10.1. The van der Waals surface area contributed by atoms with E-state index in [0.717, 1.165) is 11.4 Å². The largest absolute Gasteiger partial charge is 0.494 e. The van der Waals surface area contributed by atoms with Crippen molar-refractivity contribution in [2.45, 2.75) is 6.92 Å². The molecule has 0 saturated carbocycles. The summed E-state index contributed by atoms with van der Waals surface area (Å²) in [6.45, 7) is 2.53. The first-order valence-electron chi connectivity index (χ1n) is 6.48. The van der Waals surface area contributed by atoms with E-state index in [2.05, 4.69) is 0 Å². The molecule has 2 N–H and O–H groups in total. The van der Waals surface area contributed by atoms with E-state index in [0.29, 0.717) is 17.9 Å². The van der Waals surface area contributed by atoms with Crippen LogP contribution in [0.5, 0.6) is 5.75 Å². The lowest BCUT2D eigenvalue weighted by Gasteiger charge is -2.18. The second-order valence-electron chi connectivity index (χ2n) is 4.42. The van der Waals surface area contributed by atoms with Crippen molar-refractivity contribution in [2.24, 2.45) is 0 Å². The SMILES string of the molecule is CCOc1ccc(C(=O)N(C)c2cccc(N)c2)cc1. The molecular weight excluding hydrogens is 252 g/mol. The molecule has 0 radical (unpaired) electrons. The average molecular weight is 270 g/mol. The molecule has 104 valence electrons. The van der Waals surface area contributed by atoms with Crippen LogP contribution in [0.4, 0.5) is 11.4 Å². The van der Waals surface area contributed by atoms with Crippen molar-refractivity contribution >= 4 is 17.3 Å². The van der Waals surface area contributed by atoms with E-state index in [1.807, 2.05) is 19.1 Å². The molecule has 0 aliphatic rings. The van der Waals surface area contributed by atoms with Crippen LogP contribution in [0.15, 0.2) is 48.5 Å². The summed E-state index contributed by atoms with van der Waals surface area (Å²) in [4.78, 5) is 13.9. The number of nitrogens with zero attached hydrogens (tertiary/aromatic N) is 1. The Labute approximate surface area is 118 Å². The summed E-state index contributed by atoms with van der Waals surface area (Å²) in [6, 6.07) is 14.3. The maximum atomic E-state index is 12.4. The molecule has 0 spiro atoms. The van der Waals surface area contributed by atoms with Crippen LogP contribution in [0, 0.1) is 0 Å². The minimum Gasteiger partial charge on any atom is -0.494 e. The minimum atomic E-state index is -0.0846. The highest BCUT2D eigenvalue weighted by molar-refractivity contribution is 6.05. The summed E-state index contributed by atoms with van der Waals surface area (Å²) in [5.74, 6) is 0.675. The zero-order valence-corrected chi connectivity index (χ0v) is 11.7. The standard InChI is InChI=1S/C16H18N2O2/c1-3-20-15-9-7-12(8-10-15)16(19)18(2)14-6-4-5-13(17)11-14/h4-11H,3,17H2,1-2H3. The number of carbonyl (C=O) groups excluding carboxylic acids is 1. The maximum absolute atomic E-state index is 12.4. The first-order valence-corrected chi connectivity index (χ1v) is 6.48. The van der Waals surface area contributed by atoms with Crippen molar-refractivity contribution in [3.8, 4) is 5.75 Å². The highest BCUT2D eigenvalue weighted by atomic mass is 16.5. The lowest BCUT2D eigenvalue weighted by molar-refractivity contribution is 0.0993. The smallest absolute Gasteiger partial charge is 0.258 e. The van der Waals surface area contributed by atoms with Crippen LogP contribution in [0.3, 0.4) is 0 Å². The number of rotatable bonds is 4. The molecule has 1 amide bonds. The fourth-order valence-corrected chi connectivity index (χ4v) is 1.90. The summed E-state index contributed by atoms with van der Waals surface area (Å²) >= 11 is 0. The van der Waals surface area contributed by atoms with Gasteiger partial charge in [0, 0.05) is 24.0 Å². The monoisotopic (exact) mass is 270 g/mol. The van der Waals surface area contributed by atoms with Crippen LogP contribution >= 0.6 is 0 Å². The molecule has 4 nitrogen and oxygen atoms in total. The van der Waals surface area contributed by atoms with Crippen LogP contribution in [0.2, 0.25) is 0 Å².